The number of ether oxygens (including phenoxy) is 2. The molecule has 1 aliphatic rings. The Morgan fingerprint density at radius 2 is 1.81 bits per heavy atom. The fourth-order valence-corrected chi connectivity index (χ4v) is 2.99. The second-order valence-electron chi connectivity index (χ2n) is 6.28. The topological polar surface area (TPSA) is 86.5 Å². The summed E-state index contributed by atoms with van der Waals surface area (Å²) in [6, 6.07) is 10.9. The van der Waals surface area contributed by atoms with Gasteiger partial charge in [-0.2, -0.15) is 0 Å². The summed E-state index contributed by atoms with van der Waals surface area (Å²) in [4.78, 5) is 16.5. The van der Waals surface area contributed by atoms with Crippen molar-refractivity contribution in [2.24, 2.45) is 11.7 Å². The first-order valence-electron chi connectivity index (χ1n) is 8.48. The van der Waals surface area contributed by atoms with E-state index in [2.05, 4.69) is 10.3 Å². The van der Waals surface area contributed by atoms with Gasteiger partial charge in [0.25, 0.3) is 0 Å². The molecule has 1 aromatic heterocycles. The Kier molecular flexibility index (Phi) is 9.35. The van der Waals surface area contributed by atoms with Crippen molar-refractivity contribution in [2.45, 2.75) is 31.7 Å². The molecule has 3 rings (SSSR count). The van der Waals surface area contributed by atoms with Crippen LogP contribution in [0.1, 0.15) is 25.7 Å². The van der Waals surface area contributed by atoms with Crippen LogP contribution in [0.25, 0.3) is 0 Å². The number of hydrogen-bond donors (Lipinski definition) is 2. The minimum atomic E-state index is -0.0148. The number of carbonyl (C=O) groups is 1. The van der Waals surface area contributed by atoms with Gasteiger partial charge in [0.05, 0.1) is 19.0 Å². The van der Waals surface area contributed by atoms with E-state index in [-0.39, 0.29) is 42.7 Å². The SMILES string of the molecule is COc1ccc(Oc2ccc(NC(=O)C3CCCC(N)C3)cn2)cc1.Cl.Cl. The molecule has 0 spiro atoms. The average molecular weight is 414 g/mol. The molecule has 0 bridgehead atoms. The second-order valence-corrected chi connectivity index (χ2v) is 6.28. The minimum absolute atomic E-state index is 0. The number of hydrogen-bond acceptors (Lipinski definition) is 5. The van der Waals surface area contributed by atoms with E-state index in [9.17, 15) is 4.79 Å². The van der Waals surface area contributed by atoms with Crippen LogP contribution in [-0.2, 0) is 4.79 Å². The Morgan fingerprint density at radius 1 is 1.11 bits per heavy atom. The normalized spacial score (nSPS) is 18.4. The van der Waals surface area contributed by atoms with Gasteiger partial charge >= 0.3 is 0 Å². The van der Waals surface area contributed by atoms with Crippen LogP contribution >= 0.6 is 24.8 Å². The molecule has 148 valence electrons. The van der Waals surface area contributed by atoms with Gasteiger partial charge in [0.2, 0.25) is 11.8 Å². The number of pyridine rings is 1. The molecule has 8 heteroatoms. The highest BCUT2D eigenvalue weighted by molar-refractivity contribution is 5.92. The van der Waals surface area contributed by atoms with Gasteiger partial charge in [0.1, 0.15) is 11.5 Å². The lowest BCUT2D eigenvalue weighted by Crippen LogP contribution is -2.34. The van der Waals surface area contributed by atoms with E-state index in [0.717, 1.165) is 31.4 Å². The largest absolute Gasteiger partial charge is 0.497 e. The predicted molar refractivity (Wildman–Crippen MR) is 110 cm³/mol. The number of rotatable bonds is 5. The average Bonchev–Trinajstić information content (AvgIpc) is 2.64. The molecule has 1 amide bonds. The standard InChI is InChI=1S/C19H23N3O3.2ClH/c1-24-16-6-8-17(9-7-16)25-18-10-5-15(12-21-18)22-19(23)13-3-2-4-14(20)11-13;;/h5-10,12-14H,2-4,11,20H2,1H3,(H,22,23);2*1H. The van der Waals surface area contributed by atoms with E-state index >= 15 is 0 Å². The Labute approximate surface area is 171 Å². The molecule has 1 aromatic carbocycles. The molecule has 2 aromatic rings. The van der Waals surface area contributed by atoms with Gasteiger partial charge in [-0.05, 0) is 49.6 Å². The zero-order chi connectivity index (χ0) is 17.6. The second kappa shape index (κ2) is 11.0. The van der Waals surface area contributed by atoms with Gasteiger partial charge in [-0.15, -0.1) is 24.8 Å². The molecule has 1 saturated carbocycles. The van der Waals surface area contributed by atoms with Crippen LogP contribution < -0.4 is 20.5 Å². The summed E-state index contributed by atoms with van der Waals surface area (Å²) in [7, 11) is 1.62. The molecule has 27 heavy (non-hydrogen) atoms. The number of nitrogens with zero attached hydrogens (tertiary/aromatic N) is 1. The van der Waals surface area contributed by atoms with Crippen molar-refractivity contribution in [3.63, 3.8) is 0 Å². The lowest BCUT2D eigenvalue weighted by Gasteiger charge is -2.25. The molecule has 6 nitrogen and oxygen atoms in total. The first-order valence-corrected chi connectivity index (χ1v) is 8.48. The third-order valence-electron chi connectivity index (χ3n) is 4.37. The van der Waals surface area contributed by atoms with Gasteiger partial charge in [-0.25, -0.2) is 4.98 Å². The molecule has 1 heterocycles. The summed E-state index contributed by atoms with van der Waals surface area (Å²) in [5.41, 5.74) is 6.61. The highest BCUT2D eigenvalue weighted by Crippen LogP contribution is 2.26. The van der Waals surface area contributed by atoms with E-state index in [4.69, 9.17) is 15.2 Å². The number of aromatic nitrogens is 1. The van der Waals surface area contributed by atoms with Crippen molar-refractivity contribution in [2.75, 3.05) is 12.4 Å². The Bertz CT molecular complexity index is 711. The molecular weight excluding hydrogens is 389 g/mol. The molecule has 0 radical (unpaired) electrons. The van der Waals surface area contributed by atoms with Crippen LogP contribution in [0.3, 0.4) is 0 Å². The van der Waals surface area contributed by atoms with E-state index < -0.39 is 0 Å². The smallest absolute Gasteiger partial charge is 0.227 e. The van der Waals surface area contributed by atoms with E-state index in [1.165, 1.54) is 0 Å². The summed E-state index contributed by atoms with van der Waals surface area (Å²) in [6.07, 6.45) is 5.25. The van der Waals surface area contributed by atoms with Gasteiger partial charge in [0, 0.05) is 18.0 Å². The number of carbonyl (C=O) groups excluding carboxylic acids is 1. The number of nitrogens with one attached hydrogen (secondary N) is 1. The monoisotopic (exact) mass is 413 g/mol. The van der Waals surface area contributed by atoms with Crippen LogP contribution in [0.15, 0.2) is 42.6 Å². The zero-order valence-corrected chi connectivity index (χ0v) is 16.7. The van der Waals surface area contributed by atoms with E-state index in [1.807, 2.05) is 24.3 Å². The van der Waals surface area contributed by atoms with Crippen molar-refractivity contribution >= 4 is 36.4 Å². The molecule has 2 unspecified atom stereocenters. The number of halogens is 2. The fourth-order valence-electron chi connectivity index (χ4n) is 2.99. The van der Waals surface area contributed by atoms with Crippen LogP contribution in [0.5, 0.6) is 17.4 Å². The number of nitrogens with two attached hydrogens (primary N) is 1. The number of amides is 1. The van der Waals surface area contributed by atoms with Crippen LogP contribution in [0.4, 0.5) is 5.69 Å². The van der Waals surface area contributed by atoms with E-state index in [0.29, 0.717) is 17.3 Å². The molecular formula is C19H25Cl2N3O3. The zero-order valence-electron chi connectivity index (χ0n) is 15.1. The maximum Gasteiger partial charge on any atom is 0.227 e. The summed E-state index contributed by atoms with van der Waals surface area (Å²) in [6.45, 7) is 0. The Balaban J connectivity index is 0.00000182. The molecule has 2 atom stereocenters. The third kappa shape index (κ3) is 6.57. The number of benzene rings is 1. The summed E-state index contributed by atoms with van der Waals surface area (Å²) >= 11 is 0. The van der Waals surface area contributed by atoms with E-state index in [1.54, 1.807) is 25.4 Å². The highest BCUT2D eigenvalue weighted by atomic mass is 35.5. The van der Waals surface area contributed by atoms with Crippen LogP contribution in [0.2, 0.25) is 0 Å². The number of anilines is 1. The molecule has 1 fully saturated rings. The molecule has 1 aliphatic carbocycles. The number of methoxy groups -OCH3 is 1. The fraction of sp³-hybridized carbons (Fsp3) is 0.368. The maximum atomic E-state index is 12.3. The minimum Gasteiger partial charge on any atom is -0.497 e. The summed E-state index contributed by atoms with van der Waals surface area (Å²) in [5.74, 6) is 1.89. The Morgan fingerprint density at radius 3 is 2.41 bits per heavy atom. The maximum absolute atomic E-state index is 12.3. The lowest BCUT2D eigenvalue weighted by molar-refractivity contribution is -0.120. The Hall–Kier alpha value is -2.02. The summed E-state index contributed by atoms with van der Waals surface area (Å²) < 4.78 is 10.8. The first kappa shape index (κ1) is 23.0. The third-order valence-corrected chi connectivity index (χ3v) is 4.37. The first-order chi connectivity index (χ1) is 12.1. The van der Waals surface area contributed by atoms with Crippen LogP contribution in [-0.4, -0.2) is 24.0 Å². The van der Waals surface area contributed by atoms with Gasteiger partial charge in [-0.1, -0.05) is 6.42 Å². The van der Waals surface area contributed by atoms with Crippen LogP contribution in [0, 0.1) is 5.92 Å². The van der Waals surface area contributed by atoms with Crippen molar-refractivity contribution < 1.29 is 14.3 Å². The predicted octanol–water partition coefficient (Wildman–Crippen LogP) is 4.18. The van der Waals surface area contributed by atoms with Gasteiger partial charge in [-0.3, -0.25) is 4.79 Å². The van der Waals surface area contributed by atoms with Crippen molar-refractivity contribution in [3.8, 4) is 17.4 Å². The van der Waals surface area contributed by atoms with Crippen molar-refractivity contribution in [1.29, 1.82) is 0 Å². The molecule has 3 N–H and O–H groups in total. The van der Waals surface area contributed by atoms with Gasteiger partial charge < -0.3 is 20.5 Å². The van der Waals surface area contributed by atoms with Gasteiger partial charge in [0.15, 0.2) is 0 Å². The lowest BCUT2D eigenvalue weighted by atomic mass is 9.85. The van der Waals surface area contributed by atoms with Crippen molar-refractivity contribution in [3.05, 3.63) is 42.6 Å². The highest BCUT2D eigenvalue weighted by Gasteiger charge is 2.25. The molecule has 0 aliphatic heterocycles. The van der Waals surface area contributed by atoms with Crippen molar-refractivity contribution in [1.82, 2.24) is 4.98 Å². The quantitative estimate of drug-likeness (QED) is 0.767. The summed E-state index contributed by atoms with van der Waals surface area (Å²) in [5, 5.41) is 2.91. The molecule has 0 saturated heterocycles.